The van der Waals surface area contributed by atoms with E-state index in [0.29, 0.717) is 0 Å². The van der Waals surface area contributed by atoms with E-state index < -0.39 is 17.5 Å². The first-order valence-electron chi connectivity index (χ1n) is 4.20. The summed E-state index contributed by atoms with van der Waals surface area (Å²) >= 11 is 0. The SMILES string of the molecule is NC(=O)CC=Cc1c(F)ccc(N)c1F. The molecule has 80 valence electrons. The van der Waals surface area contributed by atoms with Crippen molar-refractivity contribution in [3.63, 3.8) is 0 Å². The van der Waals surface area contributed by atoms with E-state index in [0.717, 1.165) is 18.2 Å². The number of carbonyl (C=O) groups excluding carboxylic acids is 1. The highest BCUT2D eigenvalue weighted by Gasteiger charge is 2.08. The van der Waals surface area contributed by atoms with Crippen molar-refractivity contribution in [2.45, 2.75) is 6.42 Å². The number of rotatable bonds is 3. The van der Waals surface area contributed by atoms with Gasteiger partial charge in [0, 0.05) is 12.0 Å². The third-order valence-corrected chi connectivity index (χ3v) is 1.76. The number of nitrogens with two attached hydrogens (primary N) is 2. The second kappa shape index (κ2) is 4.54. The summed E-state index contributed by atoms with van der Waals surface area (Å²) < 4.78 is 26.3. The van der Waals surface area contributed by atoms with E-state index in [1.807, 2.05) is 0 Å². The fraction of sp³-hybridized carbons (Fsp3) is 0.100. The Balaban J connectivity index is 2.98. The third kappa shape index (κ3) is 2.77. The number of hydrogen-bond donors (Lipinski definition) is 2. The molecule has 0 fully saturated rings. The summed E-state index contributed by atoms with van der Waals surface area (Å²) in [7, 11) is 0. The van der Waals surface area contributed by atoms with E-state index >= 15 is 0 Å². The lowest BCUT2D eigenvalue weighted by atomic mass is 10.1. The van der Waals surface area contributed by atoms with E-state index in [9.17, 15) is 13.6 Å². The van der Waals surface area contributed by atoms with E-state index in [1.165, 1.54) is 6.08 Å². The first-order chi connectivity index (χ1) is 7.02. The summed E-state index contributed by atoms with van der Waals surface area (Å²) in [5.74, 6) is -2.14. The maximum atomic E-state index is 13.3. The van der Waals surface area contributed by atoms with Crippen LogP contribution in [0.2, 0.25) is 0 Å². The summed E-state index contributed by atoms with van der Waals surface area (Å²) in [6.45, 7) is 0. The predicted octanol–water partition coefficient (Wildman–Crippen LogP) is 1.44. The van der Waals surface area contributed by atoms with Crippen LogP contribution in [0, 0.1) is 11.6 Å². The zero-order valence-corrected chi connectivity index (χ0v) is 7.84. The molecule has 0 unspecified atom stereocenters. The minimum Gasteiger partial charge on any atom is -0.396 e. The standard InChI is InChI=1S/C10H10F2N2O/c11-7-4-5-8(13)10(12)6(7)2-1-3-9(14)15/h1-2,4-5H,3,13H2,(H2,14,15). The van der Waals surface area contributed by atoms with E-state index in [4.69, 9.17) is 11.5 Å². The highest BCUT2D eigenvalue weighted by atomic mass is 19.1. The fourth-order valence-electron chi connectivity index (χ4n) is 1.03. The molecule has 0 saturated heterocycles. The Bertz CT molecular complexity index is 416. The van der Waals surface area contributed by atoms with Gasteiger partial charge in [-0.3, -0.25) is 4.79 Å². The fourth-order valence-corrected chi connectivity index (χ4v) is 1.03. The van der Waals surface area contributed by atoms with Crippen molar-refractivity contribution in [1.29, 1.82) is 0 Å². The van der Waals surface area contributed by atoms with Crippen LogP contribution in [0.5, 0.6) is 0 Å². The molecular weight excluding hydrogens is 202 g/mol. The molecule has 0 heterocycles. The van der Waals surface area contributed by atoms with Crippen LogP contribution in [0.15, 0.2) is 18.2 Å². The number of halogens is 2. The molecule has 1 rings (SSSR count). The van der Waals surface area contributed by atoms with Crippen molar-refractivity contribution in [1.82, 2.24) is 0 Å². The van der Waals surface area contributed by atoms with Crippen molar-refractivity contribution in [2.75, 3.05) is 5.73 Å². The molecule has 1 aromatic carbocycles. The summed E-state index contributed by atoms with van der Waals surface area (Å²) in [6, 6.07) is 2.19. The van der Waals surface area contributed by atoms with Gasteiger partial charge in [-0.05, 0) is 12.1 Å². The first kappa shape index (κ1) is 11.2. The lowest BCUT2D eigenvalue weighted by molar-refractivity contribution is -0.117. The quantitative estimate of drug-likeness (QED) is 0.744. The summed E-state index contributed by atoms with van der Waals surface area (Å²) in [5, 5.41) is 0. The minimum atomic E-state index is -0.837. The largest absolute Gasteiger partial charge is 0.396 e. The van der Waals surface area contributed by atoms with Gasteiger partial charge >= 0.3 is 0 Å². The Hall–Kier alpha value is -1.91. The van der Waals surface area contributed by atoms with Gasteiger partial charge in [0.15, 0.2) is 5.82 Å². The Morgan fingerprint density at radius 3 is 2.67 bits per heavy atom. The van der Waals surface area contributed by atoms with Gasteiger partial charge in [-0.2, -0.15) is 0 Å². The number of carbonyl (C=O) groups is 1. The Labute approximate surface area is 85.4 Å². The molecule has 0 aliphatic rings. The van der Waals surface area contributed by atoms with Crippen LogP contribution in [0.3, 0.4) is 0 Å². The van der Waals surface area contributed by atoms with E-state index in [1.54, 1.807) is 0 Å². The summed E-state index contributed by atoms with van der Waals surface area (Å²) in [4.78, 5) is 10.4. The molecule has 0 aliphatic heterocycles. The molecule has 1 amide bonds. The smallest absolute Gasteiger partial charge is 0.221 e. The Morgan fingerprint density at radius 1 is 1.40 bits per heavy atom. The molecule has 4 N–H and O–H groups in total. The van der Waals surface area contributed by atoms with E-state index in [2.05, 4.69) is 0 Å². The number of primary amides is 1. The first-order valence-corrected chi connectivity index (χ1v) is 4.20. The van der Waals surface area contributed by atoms with Gasteiger partial charge in [0.05, 0.1) is 5.69 Å². The van der Waals surface area contributed by atoms with Gasteiger partial charge in [0.2, 0.25) is 5.91 Å². The topological polar surface area (TPSA) is 69.1 Å². The predicted molar refractivity (Wildman–Crippen MR) is 53.6 cm³/mol. The van der Waals surface area contributed by atoms with Gasteiger partial charge in [0.1, 0.15) is 5.82 Å². The van der Waals surface area contributed by atoms with Crippen molar-refractivity contribution >= 4 is 17.7 Å². The normalized spacial score (nSPS) is 10.8. The maximum absolute atomic E-state index is 13.3. The molecular formula is C10H10F2N2O. The molecule has 0 bridgehead atoms. The van der Waals surface area contributed by atoms with Gasteiger partial charge < -0.3 is 11.5 Å². The molecule has 0 aliphatic carbocycles. The van der Waals surface area contributed by atoms with Gasteiger partial charge in [-0.1, -0.05) is 12.2 Å². The van der Waals surface area contributed by atoms with Crippen molar-refractivity contribution in [3.8, 4) is 0 Å². The molecule has 0 radical (unpaired) electrons. The molecule has 1 aromatic rings. The van der Waals surface area contributed by atoms with Crippen LogP contribution in [0.1, 0.15) is 12.0 Å². The van der Waals surface area contributed by atoms with Gasteiger partial charge in [-0.25, -0.2) is 8.78 Å². The lowest BCUT2D eigenvalue weighted by Crippen LogP contribution is -2.08. The van der Waals surface area contributed by atoms with Crippen LogP contribution < -0.4 is 11.5 Å². The minimum absolute atomic E-state index is 0.0757. The second-order valence-corrected chi connectivity index (χ2v) is 2.94. The summed E-state index contributed by atoms with van der Waals surface area (Å²) in [6.07, 6.45) is 2.35. The van der Waals surface area contributed by atoms with Crippen LogP contribution in [-0.4, -0.2) is 5.91 Å². The second-order valence-electron chi connectivity index (χ2n) is 2.94. The van der Waals surface area contributed by atoms with E-state index in [-0.39, 0.29) is 17.7 Å². The van der Waals surface area contributed by atoms with Crippen molar-refractivity contribution in [3.05, 3.63) is 35.4 Å². The molecule has 0 atom stereocenters. The zero-order valence-electron chi connectivity index (χ0n) is 7.84. The molecule has 15 heavy (non-hydrogen) atoms. The highest BCUT2D eigenvalue weighted by Crippen LogP contribution is 2.19. The monoisotopic (exact) mass is 212 g/mol. The zero-order chi connectivity index (χ0) is 11.4. The number of benzene rings is 1. The Kier molecular flexibility index (Phi) is 3.38. The van der Waals surface area contributed by atoms with Gasteiger partial charge in [0.25, 0.3) is 0 Å². The molecule has 5 heteroatoms. The average molecular weight is 212 g/mol. The number of amides is 1. The number of hydrogen-bond acceptors (Lipinski definition) is 2. The number of anilines is 1. The third-order valence-electron chi connectivity index (χ3n) is 1.76. The molecule has 3 nitrogen and oxygen atoms in total. The highest BCUT2D eigenvalue weighted by molar-refractivity contribution is 5.76. The van der Waals surface area contributed by atoms with Crippen molar-refractivity contribution in [2.24, 2.45) is 5.73 Å². The van der Waals surface area contributed by atoms with Crippen LogP contribution in [0.4, 0.5) is 14.5 Å². The molecule has 0 spiro atoms. The van der Waals surface area contributed by atoms with Crippen LogP contribution in [-0.2, 0) is 4.79 Å². The van der Waals surface area contributed by atoms with Crippen LogP contribution >= 0.6 is 0 Å². The maximum Gasteiger partial charge on any atom is 0.221 e. The number of nitrogen functional groups attached to an aromatic ring is 1. The Morgan fingerprint density at radius 2 is 2.07 bits per heavy atom. The van der Waals surface area contributed by atoms with Crippen LogP contribution in [0.25, 0.3) is 6.08 Å². The molecule has 0 aromatic heterocycles. The van der Waals surface area contributed by atoms with Crippen molar-refractivity contribution < 1.29 is 13.6 Å². The average Bonchev–Trinajstić information content (AvgIpc) is 2.17. The van der Waals surface area contributed by atoms with Gasteiger partial charge in [-0.15, -0.1) is 0 Å². The lowest BCUT2D eigenvalue weighted by Gasteiger charge is -2.01. The summed E-state index contributed by atoms with van der Waals surface area (Å²) in [5.41, 5.74) is 9.70. The molecule has 0 saturated carbocycles.